The second-order valence-electron chi connectivity index (χ2n) is 6.99. The van der Waals surface area contributed by atoms with E-state index in [0.717, 1.165) is 0 Å². The van der Waals surface area contributed by atoms with E-state index in [1.165, 1.54) is 0 Å². The molecule has 0 saturated carbocycles. The highest BCUT2D eigenvalue weighted by atomic mass is 16.5. The average Bonchev–Trinajstić information content (AvgIpc) is 2.16. The van der Waals surface area contributed by atoms with E-state index >= 15 is 0 Å². The molecule has 0 rings (SSSR count). The van der Waals surface area contributed by atoms with Gasteiger partial charge in [-0.2, -0.15) is 4.91 Å². The number of nitrogens with one attached hydrogen (secondary N) is 2. The second kappa shape index (κ2) is 9.38. The molecule has 0 spiro atoms. The highest BCUT2D eigenvalue weighted by Gasteiger charge is 2.06. The molecule has 0 saturated heterocycles. The third kappa shape index (κ3) is 45.2. The van der Waals surface area contributed by atoms with Crippen molar-refractivity contribution < 1.29 is 10.4 Å². The Morgan fingerprint density at radius 1 is 0.722 bits per heavy atom. The minimum absolute atomic E-state index is 0.153. The molecule has 18 heavy (non-hydrogen) atoms. The molecular formula is C12H31N3O3. The molecule has 0 aromatic carbocycles. The van der Waals surface area contributed by atoms with Gasteiger partial charge in [-0.15, -0.1) is 0 Å². The zero-order valence-corrected chi connectivity index (χ0v) is 13.2. The van der Waals surface area contributed by atoms with Crippen LogP contribution in [-0.4, -0.2) is 27.0 Å². The highest BCUT2D eigenvalue weighted by Crippen LogP contribution is 2.02. The minimum atomic E-state index is -0.389. The molecule has 6 heteroatoms. The van der Waals surface area contributed by atoms with Crippen LogP contribution >= 0.6 is 0 Å². The average molecular weight is 265 g/mol. The molecule has 6 nitrogen and oxygen atoms in total. The van der Waals surface area contributed by atoms with Crippen molar-refractivity contribution in [3.63, 3.8) is 0 Å². The Labute approximate surface area is 111 Å². The van der Waals surface area contributed by atoms with Crippen LogP contribution in [0.15, 0.2) is 5.18 Å². The predicted molar refractivity (Wildman–Crippen MR) is 74.9 cm³/mol. The van der Waals surface area contributed by atoms with Gasteiger partial charge >= 0.3 is 0 Å². The molecule has 0 aromatic heterocycles. The molecule has 0 radical (unpaired) electrons. The van der Waals surface area contributed by atoms with Crippen LogP contribution in [-0.2, 0) is 0 Å². The molecule has 0 atom stereocenters. The van der Waals surface area contributed by atoms with Crippen LogP contribution in [0.25, 0.3) is 0 Å². The summed E-state index contributed by atoms with van der Waals surface area (Å²) < 4.78 is 0. The number of hydroxylamine groups is 2. The van der Waals surface area contributed by atoms with Crippen LogP contribution in [0.5, 0.6) is 0 Å². The largest absolute Gasteiger partial charge is 0.316 e. The van der Waals surface area contributed by atoms with Gasteiger partial charge in [0.05, 0.1) is 5.54 Å². The van der Waals surface area contributed by atoms with Crippen molar-refractivity contribution in [3.8, 4) is 0 Å². The molecule has 0 bridgehead atoms. The summed E-state index contributed by atoms with van der Waals surface area (Å²) in [7, 11) is 0. The van der Waals surface area contributed by atoms with Crippen LogP contribution in [0.2, 0.25) is 0 Å². The molecule has 0 aliphatic carbocycles. The van der Waals surface area contributed by atoms with E-state index in [1.54, 1.807) is 20.8 Å². The van der Waals surface area contributed by atoms with Crippen LogP contribution in [0.3, 0.4) is 0 Å². The Balaban J connectivity index is -0.000000187. The summed E-state index contributed by atoms with van der Waals surface area (Å²) in [6.45, 7) is 16.6. The van der Waals surface area contributed by atoms with Crippen molar-refractivity contribution in [2.75, 3.05) is 0 Å². The Kier molecular flexibility index (Phi) is 11.8. The first-order chi connectivity index (χ1) is 7.68. The second-order valence-corrected chi connectivity index (χ2v) is 6.99. The number of nitrogens with zero attached hydrogens (tertiary/aromatic N) is 1. The molecule has 0 heterocycles. The van der Waals surface area contributed by atoms with Crippen molar-refractivity contribution in [2.45, 2.75) is 78.9 Å². The maximum absolute atomic E-state index is 9.58. The fraction of sp³-hybridized carbons (Fsp3) is 1.00. The molecule has 0 unspecified atom stereocenters. The molecule has 112 valence electrons. The van der Waals surface area contributed by atoms with Gasteiger partial charge in [0.15, 0.2) is 0 Å². The number of hydrogen-bond acceptors (Lipinski definition) is 6. The standard InChI is InChI=1S/2C4H11NO.C4H9NO/c3*1-4(2,3)5-6/h2*5-6H,1-3H3;1-3H3. The van der Waals surface area contributed by atoms with E-state index in [1.807, 2.05) is 41.5 Å². The molecular weight excluding hydrogens is 234 g/mol. The zero-order chi connectivity index (χ0) is 15.6. The Hall–Kier alpha value is -0.560. The summed E-state index contributed by atoms with van der Waals surface area (Å²) >= 11 is 0. The maximum atomic E-state index is 9.58. The predicted octanol–water partition coefficient (Wildman–Crippen LogP) is 3.08. The molecule has 4 N–H and O–H groups in total. The topological polar surface area (TPSA) is 94.0 Å². The van der Waals surface area contributed by atoms with Crippen LogP contribution in [0, 0.1) is 4.91 Å². The van der Waals surface area contributed by atoms with Gasteiger partial charge in [-0.3, -0.25) is 0 Å². The molecule has 0 aliphatic rings. The third-order valence-corrected chi connectivity index (χ3v) is 0.945. The van der Waals surface area contributed by atoms with Gasteiger partial charge in [-0.25, -0.2) is 11.0 Å². The molecule has 0 amide bonds. The number of hydrogen-bond donors (Lipinski definition) is 4. The third-order valence-electron chi connectivity index (χ3n) is 0.945. The normalized spacial score (nSPS) is 11.7. The lowest BCUT2D eigenvalue weighted by Crippen LogP contribution is -2.32. The van der Waals surface area contributed by atoms with E-state index in [2.05, 4.69) is 16.1 Å². The van der Waals surface area contributed by atoms with Gasteiger partial charge in [0, 0.05) is 11.1 Å². The quantitative estimate of drug-likeness (QED) is 0.399. The van der Waals surface area contributed by atoms with E-state index < -0.39 is 0 Å². The van der Waals surface area contributed by atoms with E-state index in [0.29, 0.717) is 0 Å². The minimum Gasteiger partial charge on any atom is -0.316 e. The summed E-state index contributed by atoms with van der Waals surface area (Å²) in [6, 6.07) is 0. The summed E-state index contributed by atoms with van der Waals surface area (Å²) in [5, 5.41) is 19.1. The first kappa shape index (κ1) is 22.6. The highest BCUT2D eigenvalue weighted by molar-refractivity contribution is 4.66. The van der Waals surface area contributed by atoms with E-state index in [-0.39, 0.29) is 16.6 Å². The van der Waals surface area contributed by atoms with Gasteiger partial charge in [-0.05, 0) is 62.3 Å². The number of rotatable bonds is 0. The summed E-state index contributed by atoms with van der Waals surface area (Å²) in [5.74, 6) is 0. The van der Waals surface area contributed by atoms with Crippen molar-refractivity contribution in [1.29, 1.82) is 0 Å². The number of nitroso groups, excluding NO2 is 1. The van der Waals surface area contributed by atoms with Crippen molar-refractivity contribution in [1.82, 2.24) is 11.0 Å². The van der Waals surface area contributed by atoms with Crippen LogP contribution in [0.4, 0.5) is 0 Å². The van der Waals surface area contributed by atoms with Crippen molar-refractivity contribution in [2.24, 2.45) is 5.18 Å². The fourth-order valence-corrected chi connectivity index (χ4v) is 0. The van der Waals surface area contributed by atoms with Crippen LogP contribution in [0.1, 0.15) is 62.3 Å². The van der Waals surface area contributed by atoms with Crippen molar-refractivity contribution >= 4 is 0 Å². The first-order valence-corrected chi connectivity index (χ1v) is 5.85. The Bertz CT molecular complexity index is 186. The molecule has 0 fully saturated rings. The summed E-state index contributed by atoms with van der Waals surface area (Å²) in [5.41, 5.74) is 3.51. The summed E-state index contributed by atoms with van der Waals surface area (Å²) in [4.78, 5) is 9.58. The van der Waals surface area contributed by atoms with E-state index in [9.17, 15) is 4.91 Å². The SMILES string of the molecule is CC(C)(C)N=O.CC(C)(C)NO.CC(C)(C)NO. The maximum Gasteiger partial charge on any atom is 0.0942 e. The lowest BCUT2D eigenvalue weighted by molar-refractivity contribution is 0.0918. The van der Waals surface area contributed by atoms with Gasteiger partial charge < -0.3 is 10.4 Å². The van der Waals surface area contributed by atoms with Crippen molar-refractivity contribution in [3.05, 3.63) is 4.91 Å². The van der Waals surface area contributed by atoms with Gasteiger partial charge in [-0.1, -0.05) is 5.18 Å². The molecule has 0 aromatic rings. The van der Waals surface area contributed by atoms with E-state index in [4.69, 9.17) is 10.4 Å². The van der Waals surface area contributed by atoms with Gasteiger partial charge in [0.2, 0.25) is 0 Å². The Morgan fingerprint density at radius 3 is 0.833 bits per heavy atom. The van der Waals surface area contributed by atoms with Gasteiger partial charge in [0.25, 0.3) is 0 Å². The lowest BCUT2D eigenvalue weighted by atomic mass is 10.1. The monoisotopic (exact) mass is 265 g/mol. The van der Waals surface area contributed by atoms with Crippen LogP contribution < -0.4 is 11.0 Å². The lowest BCUT2D eigenvalue weighted by Gasteiger charge is -2.13. The smallest absolute Gasteiger partial charge is 0.0942 e. The fourth-order valence-electron chi connectivity index (χ4n) is 0. The first-order valence-electron chi connectivity index (χ1n) is 5.85. The van der Waals surface area contributed by atoms with Gasteiger partial charge in [0.1, 0.15) is 0 Å². The zero-order valence-electron chi connectivity index (χ0n) is 13.2. The molecule has 0 aliphatic heterocycles. The summed E-state index contributed by atoms with van der Waals surface area (Å²) in [6.07, 6.45) is 0. The Morgan fingerprint density at radius 2 is 0.833 bits per heavy atom.